The van der Waals surface area contributed by atoms with Crippen molar-refractivity contribution in [1.82, 2.24) is 0 Å². The highest BCUT2D eigenvalue weighted by atomic mass is 14.6. The van der Waals surface area contributed by atoms with Crippen LogP contribution in [0.1, 0.15) is 86.0 Å². The van der Waals surface area contributed by atoms with Crippen LogP contribution in [0.2, 0.25) is 0 Å². The molecule has 7 unspecified atom stereocenters. The van der Waals surface area contributed by atoms with Crippen molar-refractivity contribution in [2.45, 2.75) is 86.0 Å². The van der Waals surface area contributed by atoms with Gasteiger partial charge in [0.2, 0.25) is 0 Å². The first kappa shape index (κ1) is 21.3. The van der Waals surface area contributed by atoms with Gasteiger partial charge in [-0.2, -0.15) is 0 Å². The molecule has 1 spiro atoms. The standard InChI is InChI=1S/C22H34.C2H6.C2H2/c1-16-8-4-7-14-22(16)15-12-20-19(17(22)2)11-10-18-9-5-6-13-21(18,20)3;2*1-2/h4,7-8,14,16-20H,5-6,9-13,15H2,1-3H3;1-2H3;1-2H. The van der Waals surface area contributed by atoms with E-state index < -0.39 is 0 Å². The van der Waals surface area contributed by atoms with Crippen molar-refractivity contribution in [1.29, 1.82) is 0 Å². The van der Waals surface area contributed by atoms with E-state index in [1.54, 1.807) is 0 Å². The smallest absolute Gasteiger partial charge is 0.00265 e. The minimum atomic E-state index is 0.466. The van der Waals surface area contributed by atoms with Gasteiger partial charge in [-0.3, -0.25) is 0 Å². The number of allylic oxidation sites excluding steroid dienone is 4. The average Bonchev–Trinajstić information content (AvgIpc) is 2.69. The van der Waals surface area contributed by atoms with Crippen LogP contribution in [0.3, 0.4) is 0 Å². The monoisotopic (exact) mass is 354 g/mol. The van der Waals surface area contributed by atoms with Gasteiger partial charge in [-0.1, -0.05) is 71.8 Å². The molecule has 4 aliphatic rings. The zero-order valence-electron chi connectivity index (χ0n) is 18.0. The molecule has 0 radical (unpaired) electrons. The number of fused-ring (bicyclic) bond motifs is 3. The topological polar surface area (TPSA) is 0 Å². The summed E-state index contributed by atoms with van der Waals surface area (Å²) < 4.78 is 0. The molecule has 146 valence electrons. The summed E-state index contributed by atoms with van der Waals surface area (Å²) in [4.78, 5) is 0. The van der Waals surface area contributed by atoms with Crippen molar-refractivity contribution in [3.63, 3.8) is 0 Å². The molecule has 0 aromatic heterocycles. The Labute approximate surface area is 163 Å². The lowest BCUT2D eigenvalue weighted by molar-refractivity contribution is -0.107. The Kier molecular flexibility index (Phi) is 7.24. The highest BCUT2D eigenvalue weighted by molar-refractivity contribution is 5.23. The van der Waals surface area contributed by atoms with Gasteiger partial charge in [0.15, 0.2) is 0 Å². The molecular weight excluding hydrogens is 312 g/mol. The zero-order chi connectivity index (χ0) is 19.4. The van der Waals surface area contributed by atoms with Crippen LogP contribution in [-0.2, 0) is 0 Å². The van der Waals surface area contributed by atoms with E-state index >= 15 is 0 Å². The molecule has 4 rings (SSSR count). The van der Waals surface area contributed by atoms with Crippen LogP contribution in [0.5, 0.6) is 0 Å². The Bertz CT molecular complexity index is 523. The van der Waals surface area contributed by atoms with Gasteiger partial charge in [0.05, 0.1) is 0 Å². The van der Waals surface area contributed by atoms with Crippen LogP contribution in [-0.4, -0.2) is 0 Å². The van der Waals surface area contributed by atoms with Gasteiger partial charge in [-0.15, -0.1) is 12.8 Å². The summed E-state index contributed by atoms with van der Waals surface area (Å²) in [6.07, 6.45) is 29.7. The Hall–Kier alpha value is -0.960. The van der Waals surface area contributed by atoms with Crippen LogP contribution in [0, 0.1) is 53.3 Å². The van der Waals surface area contributed by atoms with E-state index in [-0.39, 0.29) is 0 Å². The minimum absolute atomic E-state index is 0.466. The number of hydrogen-bond donors (Lipinski definition) is 0. The van der Waals surface area contributed by atoms with Crippen LogP contribution < -0.4 is 0 Å². The van der Waals surface area contributed by atoms with Crippen LogP contribution >= 0.6 is 0 Å². The third-order valence-corrected chi connectivity index (χ3v) is 8.81. The Balaban J connectivity index is 0.000000570. The summed E-state index contributed by atoms with van der Waals surface area (Å²) in [6, 6.07) is 0. The normalized spacial score (nSPS) is 46.0. The van der Waals surface area contributed by atoms with E-state index in [0.717, 1.165) is 29.6 Å². The summed E-state index contributed by atoms with van der Waals surface area (Å²) in [7, 11) is 0. The van der Waals surface area contributed by atoms with Gasteiger partial charge in [-0.05, 0) is 78.9 Å². The maximum Gasteiger partial charge on any atom is -0.00265 e. The van der Waals surface area contributed by atoms with Crippen molar-refractivity contribution >= 4 is 0 Å². The lowest BCUT2D eigenvalue weighted by atomic mass is 9.43. The number of rotatable bonds is 0. The van der Waals surface area contributed by atoms with Crippen LogP contribution in [0.4, 0.5) is 0 Å². The van der Waals surface area contributed by atoms with Crippen LogP contribution in [0.25, 0.3) is 0 Å². The van der Waals surface area contributed by atoms with Crippen molar-refractivity contribution < 1.29 is 0 Å². The van der Waals surface area contributed by atoms with Gasteiger partial charge in [0.1, 0.15) is 0 Å². The predicted octanol–water partition coefficient (Wildman–Crippen LogP) is 7.66. The van der Waals surface area contributed by atoms with Crippen molar-refractivity contribution in [3.05, 3.63) is 24.3 Å². The van der Waals surface area contributed by atoms with E-state index in [4.69, 9.17) is 0 Å². The van der Waals surface area contributed by atoms with E-state index in [2.05, 4.69) is 57.9 Å². The van der Waals surface area contributed by atoms with E-state index in [9.17, 15) is 0 Å². The molecule has 0 bridgehead atoms. The molecule has 7 atom stereocenters. The molecule has 0 amide bonds. The van der Waals surface area contributed by atoms with Gasteiger partial charge < -0.3 is 0 Å². The van der Waals surface area contributed by atoms with Crippen LogP contribution in [0.15, 0.2) is 24.3 Å². The largest absolute Gasteiger partial charge is 0.124 e. The van der Waals surface area contributed by atoms with E-state index in [1.165, 1.54) is 51.4 Å². The Morgan fingerprint density at radius 1 is 0.885 bits per heavy atom. The van der Waals surface area contributed by atoms with Gasteiger partial charge in [0.25, 0.3) is 0 Å². The van der Waals surface area contributed by atoms with E-state index in [0.29, 0.717) is 10.8 Å². The average molecular weight is 355 g/mol. The van der Waals surface area contributed by atoms with Gasteiger partial charge in [0, 0.05) is 0 Å². The molecule has 3 saturated carbocycles. The third-order valence-electron chi connectivity index (χ3n) is 8.81. The Morgan fingerprint density at radius 2 is 1.62 bits per heavy atom. The molecule has 4 aliphatic carbocycles. The summed E-state index contributed by atoms with van der Waals surface area (Å²) in [5.74, 6) is 4.63. The summed E-state index contributed by atoms with van der Waals surface area (Å²) >= 11 is 0. The predicted molar refractivity (Wildman–Crippen MR) is 116 cm³/mol. The Morgan fingerprint density at radius 3 is 2.31 bits per heavy atom. The molecular formula is C26H42. The highest BCUT2D eigenvalue weighted by Crippen LogP contribution is 2.64. The second-order valence-electron chi connectivity index (χ2n) is 9.27. The van der Waals surface area contributed by atoms with Gasteiger partial charge in [-0.25, -0.2) is 0 Å². The molecule has 0 N–H and O–H groups in total. The molecule has 0 nitrogen and oxygen atoms in total. The number of hydrogen-bond acceptors (Lipinski definition) is 0. The first-order chi connectivity index (χ1) is 12.6. The zero-order valence-corrected chi connectivity index (χ0v) is 18.0. The molecule has 3 fully saturated rings. The maximum atomic E-state index is 4.00. The second kappa shape index (κ2) is 8.82. The molecule has 0 aromatic carbocycles. The fraction of sp³-hybridized carbons (Fsp3) is 0.769. The first-order valence-corrected chi connectivity index (χ1v) is 11.3. The molecule has 0 heterocycles. The van der Waals surface area contributed by atoms with E-state index in [1.807, 2.05) is 13.8 Å². The molecule has 0 saturated heterocycles. The molecule has 26 heavy (non-hydrogen) atoms. The summed E-state index contributed by atoms with van der Waals surface area (Å²) in [5.41, 5.74) is 1.14. The first-order valence-electron chi connectivity index (χ1n) is 11.3. The van der Waals surface area contributed by atoms with Crippen molar-refractivity contribution in [3.8, 4) is 12.8 Å². The summed E-state index contributed by atoms with van der Waals surface area (Å²) in [5, 5.41) is 0. The molecule has 0 aliphatic heterocycles. The number of terminal acetylenes is 1. The fourth-order valence-electron chi connectivity index (χ4n) is 7.32. The molecule has 0 heteroatoms. The van der Waals surface area contributed by atoms with Gasteiger partial charge >= 0.3 is 0 Å². The lowest BCUT2D eigenvalue weighted by Crippen LogP contribution is -2.54. The lowest BCUT2D eigenvalue weighted by Gasteiger charge is -2.61. The van der Waals surface area contributed by atoms with Crippen molar-refractivity contribution in [2.24, 2.45) is 40.4 Å². The second-order valence-corrected chi connectivity index (χ2v) is 9.27. The SMILES string of the molecule is C#C.CC.CC1C=CC=CC12CCC1C(CCC3CCCCC31C)C2C. The fourth-order valence-corrected chi connectivity index (χ4v) is 7.32. The quantitative estimate of drug-likeness (QED) is 0.392. The van der Waals surface area contributed by atoms with Crippen molar-refractivity contribution in [2.75, 3.05) is 0 Å². The molecule has 0 aromatic rings. The third kappa shape index (κ3) is 3.32. The maximum absolute atomic E-state index is 4.00. The summed E-state index contributed by atoms with van der Waals surface area (Å²) in [6.45, 7) is 11.7. The highest BCUT2D eigenvalue weighted by Gasteiger charge is 2.56. The minimum Gasteiger partial charge on any atom is -0.124 e.